The second-order valence-electron chi connectivity index (χ2n) is 5.16. The number of nitrogens with zero attached hydrogens (tertiary/aromatic N) is 4. The fraction of sp³-hybridized carbons (Fsp3) is 0.750. The highest BCUT2D eigenvalue weighted by atomic mass is 35.5. The van der Waals surface area contributed by atoms with Crippen molar-refractivity contribution in [2.75, 3.05) is 11.4 Å². The molecule has 1 fully saturated rings. The SMILES string of the molecule is CC(C)CN(c1nc(Cl)nc(Cl)n1)C1CCCC1. The lowest BCUT2D eigenvalue weighted by Crippen LogP contribution is -2.37. The van der Waals surface area contributed by atoms with Gasteiger partial charge in [-0.25, -0.2) is 0 Å². The molecule has 0 aliphatic heterocycles. The first kappa shape index (κ1) is 13.8. The summed E-state index contributed by atoms with van der Waals surface area (Å²) in [6, 6.07) is 0.502. The van der Waals surface area contributed by atoms with E-state index in [4.69, 9.17) is 23.2 Å². The Kier molecular flexibility index (Phi) is 4.62. The lowest BCUT2D eigenvalue weighted by atomic mass is 10.1. The predicted molar refractivity (Wildman–Crippen MR) is 74.3 cm³/mol. The quantitative estimate of drug-likeness (QED) is 0.849. The molecule has 0 radical (unpaired) electrons. The molecule has 1 aliphatic rings. The molecule has 2 rings (SSSR count). The molecule has 100 valence electrons. The van der Waals surface area contributed by atoms with Gasteiger partial charge in [0.25, 0.3) is 0 Å². The molecular weight excluding hydrogens is 271 g/mol. The Bertz CT molecular complexity index is 385. The van der Waals surface area contributed by atoms with Crippen LogP contribution in [0, 0.1) is 5.92 Å². The van der Waals surface area contributed by atoms with Gasteiger partial charge in [-0.3, -0.25) is 0 Å². The molecule has 18 heavy (non-hydrogen) atoms. The third-order valence-corrected chi connectivity index (χ3v) is 3.49. The molecule has 6 heteroatoms. The molecule has 0 unspecified atom stereocenters. The molecule has 0 N–H and O–H groups in total. The summed E-state index contributed by atoms with van der Waals surface area (Å²) in [7, 11) is 0. The van der Waals surface area contributed by atoms with Crippen LogP contribution in [0.25, 0.3) is 0 Å². The minimum Gasteiger partial charge on any atom is -0.337 e. The third kappa shape index (κ3) is 3.45. The van der Waals surface area contributed by atoms with Crippen molar-refractivity contribution in [3.63, 3.8) is 0 Å². The Morgan fingerprint density at radius 1 is 1.11 bits per heavy atom. The van der Waals surface area contributed by atoms with Crippen LogP contribution in [0.3, 0.4) is 0 Å². The van der Waals surface area contributed by atoms with Crippen LogP contribution >= 0.6 is 23.2 Å². The smallest absolute Gasteiger partial charge is 0.231 e. The Labute approximate surface area is 118 Å². The van der Waals surface area contributed by atoms with Crippen LogP contribution in [0.2, 0.25) is 10.6 Å². The largest absolute Gasteiger partial charge is 0.337 e. The lowest BCUT2D eigenvalue weighted by molar-refractivity contribution is 0.525. The topological polar surface area (TPSA) is 41.9 Å². The molecule has 1 saturated carbocycles. The first-order valence-corrected chi connectivity index (χ1v) is 7.15. The zero-order chi connectivity index (χ0) is 13.1. The van der Waals surface area contributed by atoms with E-state index in [1.807, 2.05) is 0 Å². The van der Waals surface area contributed by atoms with Crippen molar-refractivity contribution in [1.82, 2.24) is 15.0 Å². The van der Waals surface area contributed by atoms with Crippen LogP contribution in [-0.2, 0) is 0 Å². The van der Waals surface area contributed by atoms with Crippen LogP contribution in [0.1, 0.15) is 39.5 Å². The Morgan fingerprint density at radius 3 is 2.17 bits per heavy atom. The average molecular weight is 289 g/mol. The fourth-order valence-electron chi connectivity index (χ4n) is 2.45. The Morgan fingerprint density at radius 2 is 1.67 bits per heavy atom. The molecule has 1 heterocycles. The summed E-state index contributed by atoms with van der Waals surface area (Å²) in [6.45, 7) is 5.29. The van der Waals surface area contributed by atoms with Crippen molar-refractivity contribution in [1.29, 1.82) is 0 Å². The summed E-state index contributed by atoms with van der Waals surface area (Å²) in [6.07, 6.45) is 4.92. The maximum Gasteiger partial charge on any atom is 0.231 e. The molecule has 4 nitrogen and oxygen atoms in total. The van der Waals surface area contributed by atoms with Crippen LogP contribution in [0.15, 0.2) is 0 Å². The van der Waals surface area contributed by atoms with Crippen molar-refractivity contribution < 1.29 is 0 Å². The lowest BCUT2D eigenvalue weighted by Gasteiger charge is -2.30. The number of aromatic nitrogens is 3. The van der Waals surface area contributed by atoms with E-state index in [1.54, 1.807) is 0 Å². The first-order valence-electron chi connectivity index (χ1n) is 6.40. The van der Waals surface area contributed by atoms with Gasteiger partial charge in [0.1, 0.15) is 0 Å². The van der Waals surface area contributed by atoms with Gasteiger partial charge in [-0.1, -0.05) is 26.7 Å². The van der Waals surface area contributed by atoms with Crippen molar-refractivity contribution in [3.8, 4) is 0 Å². The average Bonchev–Trinajstić information content (AvgIpc) is 2.77. The van der Waals surface area contributed by atoms with Crippen LogP contribution < -0.4 is 4.90 Å². The molecule has 1 aromatic heterocycles. The van der Waals surface area contributed by atoms with Crippen LogP contribution in [0.4, 0.5) is 5.95 Å². The number of anilines is 1. The highest BCUT2D eigenvalue weighted by molar-refractivity contribution is 6.31. The van der Waals surface area contributed by atoms with Gasteiger partial charge < -0.3 is 4.90 Å². The summed E-state index contributed by atoms with van der Waals surface area (Å²) in [5.41, 5.74) is 0. The molecule has 0 spiro atoms. The van der Waals surface area contributed by atoms with Gasteiger partial charge in [-0.2, -0.15) is 15.0 Å². The third-order valence-electron chi connectivity index (χ3n) is 3.15. The van der Waals surface area contributed by atoms with E-state index in [1.165, 1.54) is 25.7 Å². The van der Waals surface area contributed by atoms with Gasteiger partial charge in [0.2, 0.25) is 16.5 Å². The normalized spacial score (nSPS) is 16.5. The van der Waals surface area contributed by atoms with Gasteiger partial charge in [0, 0.05) is 12.6 Å². The van der Waals surface area contributed by atoms with E-state index < -0.39 is 0 Å². The molecule has 1 aliphatic carbocycles. The maximum absolute atomic E-state index is 5.86. The van der Waals surface area contributed by atoms with E-state index in [9.17, 15) is 0 Å². The van der Waals surface area contributed by atoms with Gasteiger partial charge in [-0.15, -0.1) is 0 Å². The Balaban J connectivity index is 2.26. The van der Waals surface area contributed by atoms with Crippen molar-refractivity contribution in [2.24, 2.45) is 5.92 Å². The molecule has 0 saturated heterocycles. The van der Waals surface area contributed by atoms with Gasteiger partial charge in [0.05, 0.1) is 0 Å². The van der Waals surface area contributed by atoms with Gasteiger partial charge in [0.15, 0.2) is 0 Å². The Hall–Kier alpha value is -0.610. The number of halogens is 2. The van der Waals surface area contributed by atoms with Crippen molar-refractivity contribution in [3.05, 3.63) is 10.6 Å². The van der Waals surface area contributed by atoms with E-state index >= 15 is 0 Å². The van der Waals surface area contributed by atoms with E-state index in [-0.39, 0.29) is 10.6 Å². The van der Waals surface area contributed by atoms with Gasteiger partial charge >= 0.3 is 0 Å². The maximum atomic E-state index is 5.86. The van der Waals surface area contributed by atoms with Crippen LogP contribution in [0.5, 0.6) is 0 Å². The van der Waals surface area contributed by atoms with Crippen LogP contribution in [-0.4, -0.2) is 27.5 Å². The van der Waals surface area contributed by atoms with E-state index in [2.05, 4.69) is 33.7 Å². The highest BCUT2D eigenvalue weighted by Gasteiger charge is 2.25. The number of hydrogen-bond acceptors (Lipinski definition) is 4. The van der Waals surface area contributed by atoms with Crippen molar-refractivity contribution in [2.45, 2.75) is 45.6 Å². The molecule has 0 bridgehead atoms. The minimum absolute atomic E-state index is 0.164. The molecule has 1 aromatic rings. The van der Waals surface area contributed by atoms with Crippen molar-refractivity contribution >= 4 is 29.2 Å². The zero-order valence-corrected chi connectivity index (χ0v) is 12.2. The number of hydrogen-bond donors (Lipinski definition) is 0. The second kappa shape index (κ2) is 6.02. The summed E-state index contributed by atoms with van der Waals surface area (Å²) >= 11 is 11.7. The standard InChI is InChI=1S/C12H18Cl2N4/c1-8(2)7-18(9-5-3-4-6-9)12-16-10(13)15-11(14)17-12/h8-9H,3-7H2,1-2H3. The van der Waals surface area contributed by atoms with E-state index in [0.717, 1.165) is 6.54 Å². The van der Waals surface area contributed by atoms with Gasteiger partial charge in [-0.05, 0) is 42.0 Å². The fourth-order valence-corrected chi connectivity index (χ4v) is 2.80. The second-order valence-corrected chi connectivity index (χ2v) is 5.83. The highest BCUT2D eigenvalue weighted by Crippen LogP contribution is 2.27. The summed E-state index contributed by atoms with van der Waals surface area (Å²) in [5, 5.41) is 0.327. The first-order chi connectivity index (χ1) is 8.56. The summed E-state index contributed by atoms with van der Waals surface area (Å²) in [4.78, 5) is 14.5. The van der Waals surface area contributed by atoms with E-state index in [0.29, 0.717) is 17.9 Å². The minimum atomic E-state index is 0.164. The summed E-state index contributed by atoms with van der Waals surface area (Å²) < 4.78 is 0. The summed E-state index contributed by atoms with van der Waals surface area (Å²) in [5.74, 6) is 1.15. The molecular formula is C12H18Cl2N4. The number of rotatable bonds is 4. The zero-order valence-electron chi connectivity index (χ0n) is 10.7. The molecule has 0 atom stereocenters. The monoisotopic (exact) mass is 288 g/mol. The predicted octanol–water partition coefficient (Wildman–Crippen LogP) is 3.58. The molecule has 0 aromatic carbocycles. The molecule has 0 amide bonds.